The molecule has 0 radical (unpaired) electrons. The quantitative estimate of drug-likeness (QED) is 0.707. The van der Waals surface area contributed by atoms with Crippen LogP contribution < -0.4 is 19.1 Å². The lowest BCUT2D eigenvalue weighted by atomic mass is 10.1. The Hall–Kier alpha value is -3.03. The Morgan fingerprint density at radius 3 is 2.24 bits per heavy atom. The molecule has 2 heterocycles. The normalized spacial score (nSPS) is 13.9. The van der Waals surface area contributed by atoms with Crippen molar-refractivity contribution in [3.63, 3.8) is 0 Å². The van der Waals surface area contributed by atoms with E-state index < -0.39 is 0 Å². The number of piperazine rings is 1. The van der Waals surface area contributed by atoms with Crippen LogP contribution >= 0.6 is 0 Å². The lowest BCUT2D eigenvalue weighted by Crippen LogP contribution is -2.49. The van der Waals surface area contributed by atoms with Crippen LogP contribution in [-0.4, -0.2) is 67.8 Å². The first-order chi connectivity index (χ1) is 14.0. The predicted molar refractivity (Wildman–Crippen MR) is 110 cm³/mol. The lowest BCUT2D eigenvalue weighted by molar-refractivity contribution is 0.0745. The summed E-state index contributed by atoms with van der Waals surface area (Å²) in [5.74, 6) is 3.27. The van der Waals surface area contributed by atoms with E-state index in [1.54, 1.807) is 32.4 Å². The van der Waals surface area contributed by atoms with Gasteiger partial charge in [0.05, 0.1) is 20.8 Å². The highest BCUT2D eigenvalue weighted by molar-refractivity contribution is 5.95. The van der Waals surface area contributed by atoms with E-state index in [-0.39, 0.29) is 5.91 Å². The molecular formula is C21H28N4O4. The van der Waals surface area contributed by atoms with Crippen molar-refractivity contribution >= 4 is 11.7 Å². The van der Waals surface area contributed by atoms with Crippen molar-refractivity contribution in [1.29, 1.82) is 0 Å². The molecule has 1 aromatic carbocycles. The summed E-state index contributed by atoms with van der Waals surface area (Å²) in [4.78, 5) is 25.8. The number of hydrogen-bond acceptors (Lipinski definition) is 7. The average Bonchev–Trinajstić information content (AvgIpc) is 2.76. The Morgan fingerprint density at radius 1 is 1.00 bits per heavy atom. The van der Waals surface area contributed by atoms with Crippen molar-refractivity contribution in [3.05, 3.63) is 35.7 Å². The number of nitrogens with zero attached hydrogens (tertiary/aromatic N) is 4. The summed E-state index contributed by atoms with van der Waals surface area (Å²) in [7, 11) is 3.15. The number of aromatic nitrogens is 2. The molecule has 0 bridgehead atoms. The maximum absolute atomic E-state index is 13.0. The van der Waals surface area contributed by atoms with Gasteiger partial charge in [0.1, 0.15) is 23.1 Å². The average molecular weight is 400 g/mol. The van der Waals surface area contributed by atoms with Gasteiger partial charge in [-0.3, -0.25) is 4.79 Å². The summed E-state index contributed by atoms with van der Waals surface area (Å²) < 4.78 is 16.2. The molecule has 3 rings (SSSR count). The fraction of sp³-hybridized carbons (Fsp3) is 0.476. The minimum absolute atomic E-state index is 0.0345. The third-order valence-electron chi connectivity index (χ3n) is 4.74. The number of carbonyl (C=O) groups excluding carboxylic acids is 1. The minimum Gasteiger partial charge on any atom is -0.497 e. The SMILES string of the molecule is CCCOc1cc(N2CCN(C(=O)c3cc(OC)cc(OC)c3)CC2)nc(C)n1. The number of benzene rings is 1. The minimum atomic E-state index is -0.0345. The number of rotatable bonds is 7. The van der Waals surface area contributed by atoms with E-state index in [2.05, 4.69) is 21.8 Å². The van der Waals surface area contributed by atoms with E-state index in [4.69, 9.17) is 14.2 Å². The van der Waals surface area contributed by atoms with Crippen LogP contribution in [-0.2, 0) is 0 Å². The summed E-state index contributed by atoms with van der Waals surface area (Å²) in [6.45, 7) is 7.13. The van der Waals surface area contributed by atoms with E-state index in [9.17, 15) is 4.79 Å². The van der Waals surface area contributed by atoms with Gasteiger partial charge in [-0.2, -0.15) is 4.98 Å². The van der Waals surface area contributed by atoms with Gasteiger partial charge >= 0.3 is 0 Å². The van der Waals surface area contributed by atoms with Crippen LogP contribution in [0.25, 0.3) is 0 Å². The molecule has 1 fully saturated rings. The fourth-order valence-electron chi connectivity index (χ4n) is 3.22. The molecule has 2 aromatic rings. The Morgan fingerprint density at radius 2 is 1.66 bits per heavy atom. The molecule has 1 amide bonds. The summed E-state index contributed by atoms with van der Waals surface area (Å²) in [6, 6.07) is 7.10. The van der Waals surface area contributed by atoms with E-state index in [1.807, 2.05) is 17.9 Å². The largest absolute Gasteiger partial charge is 0.497 e. The van der Waals surface area contributed by atoms with Gasteiger partial charge in [-0.1, -0.05) is 6.92 Å². The van der Waals surface area contributed by atoms with Gasteiger partial charge in [0, 0.05) is 43.9 Å². The number of hydrogen-bond donors (Lipinski definition) is 0. The molecule has 0 unspecified atom stereocenters. The molecule has 156 valence electrons. The third kappa shape index (κ3) is 5.07. The van der Waals surface area contributed by atoms with Crippen LogP contribution in [0.2, 0.25) is 0 Å². The van der Waals surface area contributed by atoms with Gasteiger partial charge in [0.25, 0.3) is 5.91 Å². The molecule has 0 spiro atoms. The van der Waals surface area contributed by atoms with Gasteiger partial charge < -0.3 is 24.0 Å². The number of anilines is 1. The summed E-state index contributed by atoms with van der Waals surface area (Å²) in [5, 5.41) is 0. The first-order valence-electron chi connectivity index (χ1n) is 9.79. The number of methoxy groups -OCH3 is 2. The number of ether oxygens (including phenoxy) is 3. The molecular weight excluding hydrogens is 372 g/mol. The molecule has 8 nitrogen and oxygen atoms in total. The summed E-state index contributed by atoms with van der Waals surface area (Å²) in [5.41, 5.74) is 0.558. The van der Waals surface area contributed by atoms with Crippen molar-refractivity contribution in [3.8, 4) is 17.4 Å². The van der Waals surface area contributed by atoms with Crippen LogP contribution in [0.5, 0.6) is 17.4 Å². The number of amides is 1. The molecule has 29 heavy (non-hydrogen) atoms. The number of aryl methyl sites for hydroxylation is 1. The highest BCUT2D eigenvalue weighted by Gasteiger charge is 2.24. The van der Waals surface area contributed by atoms with E-state index in [0.717, 1.165) is 12.2 Å². The highest BCUT2D eigenvalue weighted by Crippen LogP contribution is 2.25. The Labute approximate surface area is 171 Å². The van der Waals surface area contributed by atoms with E-state index >= 15 is 0 Å². The van der Waals surface area contributed by atoms with Crippen molar-refractivity contribution < 1.29 is 19.0 Å². The van der Waals surface area contributed by atoms with Crippen LogP contribution in [0.15, 0.2) is 24.3 Å². The zero-order valence-corrected chi connectivity index (χ0v) is 17.5. The third-order valence-corrected chi connectivity index (χ3v) is 4.74. The van der Waals surface area contributed by atoms with Gasteiger partial charge in [-0.05, 0) is 25.5 Å². The van der Waals surface area contributed by atoms with E-state index in [0.29, 0.717) is 61.6 Å². The number of carbonyl (C=O) groups is 1. The Bertz CT molecular complexity index is 828. The lowest BCUT2D eigenvalue weighted by Gasteiger charge is -2.35. The van der Waals surface area contributed by atoms with Crippen molar-refractivity contribution in [2.75, 3.05) is 51.9 Å². The topological polar surface area (TPSA) is 77.0 Å². The maximum Gasteiger partial charge on any atom is 0.254 e. The van der Waals surface area contributed by atoms with Crippen LogP contribution in [0.3, 0.4) is 0 Å². The second kappa shape index (κ2) is 9.45. The predicted octanol–water partition coefficient (Wildman–Crippen LogP) is 2.55. The zero-order chi connectivity index (χ0) is 20.8. The van der Waals surface area contributed by atoms with Crippen molar-refractivity contribution in [2.24, 2.45) is 0 Å². The molecule has 8 heteroatoms. The summed E-state index contributed by atoms with van der Waals surface area (Å²) >= 11 is 0. The molecule has 1 aliphatic heterocycles. The molecule has 0 aliphatic carbocycles. The van der Waals surface area contributed by atoms with Gasteiger partial charge in [0.2, 0.25) is 5.88 Å². The smallest absolute Gasteiger partial charge is 0.254 e. The fourth-order valence-corrected chi connectivity index (χ4v) is 3.22. The molecule has 1 aromatic heterocycles. The van der Waals surface area contributed by atoms with Crippen molar-refractivity contribution in [2.45, 2.75) is 20.3 Å². The maximum atomic E-state index is 13.0. The van der Waals surface area contributed by atoms with Gasteiger partial charge in [-0.25, -0.2) is 4.98 Å². The molecule has 1 aliphatic rings. The highest BCUT2D eigenvalue weighted by atomic mass is 16.5. The van der Waals surface area contributed by atoms with Crippen molar-refractivity contribution in [1.82, 2.24) is 14.9 Å². The Balaban J connectivity index is 1.68. The van der Waals surface area contributed by atoms with Crippen LogP contribution in [0.1, 0.15) is 29.5 Å². The molecule has 1 saturated heterocycles. The summed E-state index contributed by atoms with van der Waals surface area (Å²) in [6.07, 6.45) is 0.925. The zero-order valence-electron chi connectivity index (χ0n) is 17.5. The van der Waals surface area contributed by atoms with Crippen LogP contribution in [0, 0.1) is 6.92 Å². The van der Waals surface area contributed by atoms with E-state index in [1.165, 1.54) is 0 Å². The van der Waals surface area contributed by atoms with Gasteiger partial charge in [-0.15, -0.1) is 0 Å². The standard InChI is InChI=1S/C21H28N4O4/c1-5-10-29-20-14-19(22-15(2)23-20)24-6-8-25(9-7-24)21(26)16-11-17(27-3)13-18(12-16)28-4/h11-14H,5-10H2,1-4H3. The Kier molecular flexibility index (Phi) is 6.74. The monoisotopic (exact) mass is 400 g/mol. The first kappa shape index (κ1) is 20.7. The second-order valence-corrected chi connectivity index (χ2v) is 6.84. The molecule has 0 N–H and O–H groups in total. The van der Waals surface area contributed by atoms with Gasteiger partial charge in [0.15, 0.2) is 0 Å². The molecule has 0 saturated carbocycles. The first-order valence-corrected chi connectivity index (χ1v) is 9.79. The van der Waals surface area contributed by atoms with Crippen LogP contribution in [0.4, 0.5) is 5.82 Å². The second-order valence-electron chi connectivity index (χ2n) is 6.84. The molecule has 0 atom stereocenters.